The Morgan fingerprint density at radius 3 is 2.00 bits per heavy atom. The van der Waals surface area contributed by atoms with E-state index in [1.165, 1.54) is 20.9 Å². The first kappa shape index (κ1) is 11.4. The van der Waals surface area contributed by atoms with Gasteiger partial charge >= 0.3 is 0 Å². The van der Waals surface area contributed by atoms with Gasteiger partial charge in [0.05, 0.1) is 21.6 Å². The van der Waals surface area contributed by atoms with Crippen LogP contribution in [0.25, 0.3) is 31.9 Å². The first-order chi connectivity index (χ1) is 9.93. The summed E-state index contributed by atoms with van der Waals surface area (Å²) in [7, 11) is 0. The number of hydrogen-bond donors (Lipinski definition) is 1. The second-order valence-electron chi connectivity index (χ2n) is 4.62. The third kappa shape index (κ3) is 1.75. The third-order valence-electron chi connectivity index (χ3n) is 3.36. The molecular weight excluding hydrogens is 264 g/mol. The molecular formula is C17H12N2S. The highest BCUT2D eigenvalue weighted by atomic mass is 32.1. The fourth-order valence-corrected chi connectivity index (χ4v) is 3.64. The van der Waals surface area contributed by atoms with Crippen LogP contribution in [0.15, 0.2) is 67.0 Å². The molecule has 0 amide bonds. The Labute approximate surface area is 120 Å². The molecule has 1 N–H and O–H groups in total. The maximum atomic E-state index is 4.50. The van der Waals surface area contributed by atoms with Gasteiger partial charge in [-0.2, -0.15) is 0 Å². The van der Waals surface area contributed by atoms with Crippen LogP contribution in [0, 0.1) is 0 Å². The van der Waals surface area contributed by atoms with Gasteiger partial charge in [-0.1, -0.05) is 60.7 Å². The Balaban J connectivity index is 1.99. The van der Waals surface area contributed by atoms with Crippen molar-refractivity contribution < 1.29 is 0 Å². The van der Waals surface area contributed by atoms with Crippen molar-refractivity contribution in [2.45, 2.75) is 0 Å². The molecule has 0 aliphatic carbocycles. The minimum absolute atomic E-state index is 1.06. The zero-order chi connectivity index (χ0) is 13.4. The molecule has 0 aliphatic rings. The maximum absolute atomic E-state index is 4.50. The number of H-pyrrole nitrogens is 1. The normalized spacial score (nSPS) is 11.0. The van der Waals surface area contributed by atoms with Crippen molar-refractivity contribution >= 4 is 22.4 Å². The van der Waals surface area contributed by atoms with E-state index in [1.807, 2.05) is 12.1 Å². The minimum Gasteiger partial charge on any atom is -0.343 e. The first-order valence-corrected chi connectivity index (χ1v) is 7.32. The number of benzene rings is 2. The third-order valence-corrected chi connectivity index (χ3v) is 4.63. The molecule has 4 aromatic rings. The average molecular weight is 276 g/mol. The topological polar surface area (TPSA) is 28.7 Å². The lowest BCUT2D eigenvalue weighted by atomic mass is 10.1. The molecule has 0 saturated heterocycles. The van der Waals surface area contributed by atoms with Gasteiger partial charge < -0.3 is 4.98 Å². The number of nitrogens with zero attached hydrogens (tertiary/aromatic N) is 1. The molecule has 0 aliphatic heterocycles. The van der Waals surface area contributed by atoms with E-state index in [0.29, 0.717) is 0 Å². The Kier molecular flexibility index (Phi) is 2.64. The fourth-order valence-electron chi connectivity index (χ4n) is 2.42. The molecule has 2 aromatic heterocycles. The van der Waals surface area contributed by atoms with Crippen molar-refractivity contribution in [1.82, 2.24) is 9.97 Å². The molecule has 4 rings (SSSR count). The van der Waals surface area contributed by atoms with E-state index >= 15 is 0 Å². The van der Waals surface area contributed by atoms with E-state index in [4.69, 9.17) is 0 Å². The van der Waals surface area contributed by atoms with Gasteiger partial charge in [0, 0.05) is 0 Å². The monoisotopic (exact) mass is 276 g/mol. The highest BCUT2D eigenvalue weighted by Gasteiger charge is 2.15. The van der Waals surface area contributed by atoms with Gasteiger partial charge in [-0.15, -0.1) is 11.3 Å². The van der Waals surface area contributed by atoms with E-state index in [2.05, 4.69) is 58.5 Å². The van der Waals surface area contributed by atoms with Crippen LogP contribution in [-0.2, 0) is 0 Å². The molecule has 0 saturated carbocycles. The molecule has 2 nitrogen and oxygen atoms in total. The van der Waals surface area contributed by atoms with E-state index in [0.717, 1.165) is 11.0 Å². The lowest BCUT2D eigenvalue weighted by Crippen LogP contribution is -1.71. The summed E-state index contributed by atoms with van der Waals surface area (Å²) in [5.74, 6) is 0. The van der Waals surface area contributed by atoms with Crippen molar-refractivity contribution in [1.29, 1.82) is 0 Å². The van der Waals surface area contributed by atoms with Crippen molar-refractivity contribution in [3.05, 3.63) is 67.0 Å². The van der Waals surface area contributed by atoms with Gasteiger partial charge in [-0.3, -0.25) is 0 Å². The number of hydrogen-bond acceptors (Lipinski definition) is 2. The summed E-state index contributed by atoms with van der Waals surface area (Å²) in [6, 6.07) is 20.9. The molecule has 20 heavy (non-hydrogen) atoms. The summed E-state index contributed by atoms with van der Waals surface area (Å²) >= 11 is 1.79. The Morgan fingerprint density at radius 1 is 0.750 bits per heavy atom. The van der Waals surface area contributed by atoms with Crippen LogP contribution in [0.5, 0.6) is 0 Å². The van der Waals surface area contributed by atoms with Crippen molar-refractivity contribution in [2.24, 2.45) is 0 Å². The summed E-state index contributed by atoms with van der Waals surface area (Å²) in [6.07, 6.45) is 1.77. The SMILES string of the molecule is c1ccc(-c2sc(-c3ccccc3)c3[nH]cnc23)cc1. The first-order valence-electron chi connectivity index (χ1n) is 6.50. The summed E-state index contributed by atoms with van der Waals surface area (Å²) in [5.41, 5.74) is 4.63. The lowest BCUT2D eigenvalue weighted by molar-refractivity contribution is 1.34. The van der Waals surface area contributed by atoms with Crippen molar-refractivity contribution in [3.63, 3.8) is 0 Å². The van der Waals surface area contributed by atoms with E-state index in [1.54, 1.807) is 17.7 Å². The van der Waals surface area contributed by atoms with Crippen LogP contribution >= 0.6 is 11.3 Å². The van der Waals surface area contributed by atoms with Gasteiger partial charge in [-0.05, 0) is 11.1 Å². The summed E-state index contributed by atoms with van der Waals surface area (Å²) in [4.78, 5) is 10.2. The molecule has 0 radical (unpaired) electrons. The molecule has 2 heterocycles. The zero-order valence-electron chi connectivity index (χ0n) is 10.7. The second kappa shape index (κ2) is 4.62. The second-order valence-corrected chi connectivity index (χ2v) is 5.64. The van der Waals surface area contributed by atoms with Crippen LogP contribution in [0.2, 0.25) is 0 Å². The molecule has 2 aromatic carbocycles. The Hall–Kier alpha value is -2.39. The minimum atomic E-state index is 1.06. The Bertz CT molecular complexity index is 775. The van der Waals surface area contributed by atoms with Gasteiger partial charge in [-0.25, -0.2) is 4.98 Å². The molecule has 0 atom stereocenters. The molecule has 0 bridgehead atoms. The van der Waals surface area contributed by atoms with Crippen molar-refractivity contribution in [2.75, 3.05) is 0 Å². The number of fused-ring (bicyclic) bond motifs is 1. The lowest BCUT2D eigenvalue weighted by Gasteiger charge is -1.97. The average Bonchev–Trinajstić information content (AvgIpc) is 3.11. The predicted molar refractivity (Wildman–Crippen MR) is 84.8 cm³/mol. The highest BCUT2D eigenvalue weighted by Crippen LogP contribution is 2.42. The van der Waals surface area contributed by atoms with E-state index in [-0.39, 0.29) is 0 Å². The predicted octanol–water partition coefficient (Wildman–Crippen LogP) is 4.96. The number of aromatic amines is 1. The number of nitrogens with one attached hydrogen (secondary N) is 1. The van der Waals surface area contributed by atoms with E-state index in [9.17, 15) is 0 Å². The van der Waals surface area contributed by atoms with Crippen LogP contribution in [0.4, 0.5) is 0 Å². The van der Waals surface area contributed by atoms with Crippen LogP contribution in [0.3, 0.4) is 0 Å². The highest BCUT2D eigenvalue weighted by molar-refractivity contribution is 7.20. The van der Waals surface area contributed by atoms with Gasteiger partial charge in [0.1, 0.15) is 5.52 Å². The van der Waals surface area contributed by atoms with Crippen molar-refractivity contribution in [3.8, 4) is 20.9 Å². The quantitative estimate of drug-likeness (QED) is 0.551. The van der Waals surface area contributed by atoms with E-state index < -0.39 is 0 Å². The summed E-state index contributed by atoms with van der Waals surface area (Å²) in [5, 5.41) is 0. The van der Waals surface area contributed by atoms with Gasteiger partial charge in [0.25, 0.3) is 0 Å². The fraction of sp³-hybridized carbons (Fsp3) is 0. The van der Waals surface area contributed by atoms with Crippen LogP contribution in [-0.4, -0.2) is 9.97 Å². The molecule has 0 fully saturated rings. The Morgan fingerprint density at radius 2 is 1.35 bits per heavy atom. The maximum Gasteiger partial charge on any atom is 0.108 e. The number of rotatable bonds is 2. The van der Waals surface area contributed by atoms with Gasteiger partial charge in [0.15, 0.2) is 0 Å². The summed E-state index contributed by atoms with van der Waals surface area (Å²) in [6.45, 7) is 0. The standard InChI is InChI=1S/C17H12N2S/c1-3-7-12(8-4-1)16-14-15(19-11-18-14)17(20-16)13-9-5-2-6-10-13/h1-11H,(H,18,19). The number of thiophene rings is 1. The zero-order valence-corrected chi connectivity index (χ0v) is 11.5. The smallest absolute Gasteiger partial charge is 0.108 e. The summed E-state index contributed by atoms with van der Waals surface area (Å²) < 4.78 is 0. The van der Waals surface area contributed by atoms with Gasteiger partial charge in [0.2, 0.25) is 0 Å². The number of imidazole rings is 1. The van der Waals surface area contributed by atoms with Crippen LogP contribution in [0.1, 0.15) is 0 Å². The van der Waals surface area contributed by atoms with Crippen LogP contribution < -0.4 is 0 Å². The number of aromatic nitrogens is 2. The molecule has 0 unspecified atom stereocenters. The molecule has 96 valence electrons. The molecule has 0 spiro atoms. The largest absolute Gasteiger partial charge is 0.343 e. The molecule has 3 heteroatoms.